The van der Waals surface area contributed by atoms with Gasteiger partial charge in [0.15, 0.2) is 6.61 Å². The number of aromatic nitrogens is 2. The molecule has 4 rings (SSSR count). The number of ether oxygens (including phenoxy) is 1. The van der Waals surface area contributed by atoms with Crippen molar-refractivity contribution in [2.45, 2.75) is 24.9 Å². The molecule has 0 bridgehead atoms. The van der Waals surface area contributed by atoms with E-state index in [4.69, 9.17) is 32.4 Å². The van der Waals surface area contributed by atoms with Gasteiger partial charge in [0, 0.05) is 29.2 Å². The van der Waals surface area contributed by atoms with Gasteiger partial charge in [-0.25, -0.2) is 4.39 Å². The van der Waals surface area contributed by atoms with Gasteiger partial charge in [-0.15, -0.1) is 10.2 Å². The van der Waals surface area contributed by atoms with Crippen molar-refractivity contribution in [2.24, 2.45) is 0 Å². The van der Waals surface area contributed by atoms with Gasteiger partial charge < -0.3 is 19.8 Å². The van der Waals surface area contributed by atoms with Gasteiger partial charge in [0.2, 0.25) is 11.8 Å². The predicted molar refractivity (Wildman–Crippen MR) is 114 cm³/mol. The molecule has 1 aliphatic heterocycles. The van der Waals surface area contributed by atoms with E-state index >= 15 is 0 Å². The fraction of sp³-hybridized carbons (Fsp3) is 0.286. The molecule has 2 aromatic carbocycles. The van der Waals surface area contributed by atoms with Crippen LogP contribution in [0.3, 0.4) is 0 Å². The molecule has 1 saturated heterocycles. The SMILES string of the molecule is O=C(COc1ccc(Cl)c(F)c1)N[C@@H]1CC[C@@H](c2nnc(-c3ccc(Cl)cc3)o2)NC1. The number of nitrogens with one attached hydrogen (secondary N) is 2. The lowest BCUT2D eigenvalue weighted by molar-refractivity contribution is -0.124. The second kappa shape index (κ2) is 9.64. The van der Waals surface area contributed by atoms with Gasteiger partial charge in [0.1, 0.15) is 11.6 Å². The zero-order valence-corrected chi connectivity index (χ0v) is 17.8. The summed E-state index contributed by atoms with van der Waals surface area (Å²) in [5.41, 5.74) is 0.796. The summed E-state index contributed by atoms with van der Waals surface area (Å²) in [5, 5.41) is 15.1. The molecule has 2 atom stereocenters. The van der Waals surface area contributed by atoms with Gasteiger partial charge in [0.05, 0.1) is 11.1 Å². The first-order valence-corrected chi connectivity index (χ1v) is 10.4. The summed E-state index contributed by atoms with van der Waals surface area (Å²) in [7, 11) is 0. The maximum atomic E-state index is 13.4. The van der Waals surface area contributed by atoms with Gasteiger partial charge >= 0.3 is 0 Å². The van der Waals surface area contributed by atoms with Gasteiger partial charge in [-0.2, -0.15) is 0 Å². The summed E-state index contributed by atoms with van der Waals surface area (Å²) >= 11 is 11.5. The van der Waals surface area contributed by atoms with Crippen molar-refractivity contribution in [1.82, 2.24) is 20.8 Å². The Morgan fingerprint density at radius 2 is 2.00 bits per heavy atom. The zero-order chi connectivity index (χ0) is 21.8. The van der Waals surface area contributed by atoms with Crippen molar-refractivity contribution in [3.63, 3.8) is 0 Å². The summed E-state index contributed by atoms with van der Waals surface area (Å²) in [4.78, 5) is 12.1. The minimum absolute atomic E-state index is 0.00108. The van der Waals surface area contributed by atoms with Gasteiger partial charge in [-0.1, -0.05) is 23.2 Å². The Kier molecular flexibility index (Phi) is 6.70. The van der Waals surface area contributed by atoms with Crippen molar-refractivity contribution >= 4 is 29.1 Å². The first-order valence-electron chi connectivity index (χ1n) is 9.68. The van der Waals surface area contributed by atoms with Crippen LogP contribution in [0, 0.1) is 5.82 Å². The van der Waals surface area contributed by atoms with E-state index in [1.54, 1.807) is 12.1 Å². The van der Waals surface area contributed by atoms with E-state index in [9.17, 15) is 9.18 Å². The molecule has 2 heterocycles. The highest BCUT2D eigenvalue weighted by Gasteiger charge is 2.27. The number of hydrogen-bond acceptors (Lipinski definition) is 6. The Labute approximate surface area is 187 Å². The summed E-state index contributed by atoms with van der Waals surface area (Å²) < 4.78 is 24.5. The van der Waals surface area contributed by atoms with Crippen molar-refractivity contribution < 1.29 is 18.3 Å². The monoisotopic (exact) mass is 464 g/mol. The van der Waals surface area contributed by atoms with Crippen LogP contribution in [-0.4, -0.2) is 35.3 Å². The molecule has 1 aliphatic rings. The van der Waals surface area contributed by atoms with E-state index in [1.807, 2.05) is 12.1 Å². The van der Waals surface area contributed by atoms with Crippen LogP contribution in [-0.2, 0) is 4.79 Å². The number of rotatable bonds is 6. The lowest BCUT2D eigenvalue weighted by Gasteiger charge is -2.28. The van der Waals surface area contributed by atoms with Crippen LogP contribution < -0.4 is 15.4 Å². The van der Waals surface area contributed by atoms with E-state index < -0.39 is 5.82 Å². The Hall–Kier alpha value is -2.68. The molecule has 3 aromatic rings. The fourth-order valence-corrected chi connectivity index (χ4v) is 3.50. The number of carbonyl (C=O) groups excluding carboxylic acids is 1. The lowest BCUT2D eigenvalue weighted by Crippen LogP contribution is -2.48. The fourth-order valence-electron chi connectivity index (χ4n) is 3.26. The molecule has 1 amide bonds. The summed E-state index contributed by atoms with van der Waals surface area (Å²) in [5.74, 6) is 0.292. The molecule has 0 saturated carbocycles. The van der Waals surface area contributed by atoms with Gasteiger partial charge in [0.25, 0.3) is 5.91 Å². The molecule has 1 aromatic heterocycles. The minimum atomic E-state index is -0.595. The number of piperidine rings is 1. The predicted octanol–water partition coefficient (Wildman–Crippen LogP) is 4.17. The topological polar surface area (TPSA) is 89.3 Å². The molecule has 7 nitrogen and oxygen atoms in total. The number of halogens is 3. The molecule has 0 aliphatic carbocycles. The summed E-state index contributed by atoms with van der Waals surface area (Å²) in [6.45, 7) is 0.333. The summed E-state index contributed by atoms with van der Waals surface area (Å²) in [6, 6.07) is 11.0. The van der Waals surface area contributed by atoms with Crippen LogP contribution in [0.5, 0.6) is 5.75 Å². The quantitative estimate of drug-likeness (QED) is 0.568. The lowest BCUT2D eigenvalue weighted by atomic mass is 10.0. The van der Waals surface area contributed by atoms with Gasteiger partial charge in [-0.3, -0.25) is 4.79 Å². The molecule has 162 valence electrons. The van der Waals surface area contributed by atoms with E-state index in [2.05, 4.69) is 20.8 Å². The average molecular weight is 465 g/mol. The van der Waals surface area contributed by atoms with E-state index in [-0.39, 0.29) is 35.4 Å². The first kappa shape index (κ1) is 21.5. The largest absolute Gasteiger partial charge is 0.484 e. The molecular formula is C21H19Cl2FN4O3. The Morgan fingerprint density at radius 3 is 2.71 bits per heavy atom. The average Bonchev–Trinajstić information content (AvgIpc) is 3.26. The first-order chi connectivity index (χ1) is 15.0. The maximum absolute atomic E-state index is 13.4. The van der Waals surface area contributed by atoms with E-state index in [0.29, 0.717) is 23.3 Å². The number of amides is 1. The minimum Gasteiger partial charge on any atom is -0.484 e. The molecular weight excluding hydrogens is 446 g/mol. The molecule has 10 heteroatoms. The third-order valence-corrected chi connectivity index (χ3v) is 5.43. The second-order valence-corrected chi connectivity index (χ2v) is 7.96. The van der Waals surface area contributed by atoms with Crippen LogP contribution >= 0.6 is 23.2 Å². The zero-order valence-electron chi connectivity index (χ0n) is 16.3. The third kappa shape index (κ3) is 5.52. The second-order valence-electron chi connectivity index (χ2n) is 7.12. The molecule has 0 spiro atoms. The number of benzene rings is 2. The third-order valence-electron chi connectivity index (χ3n) is 4.87. The standard InChI is InChI=1S/C21H19Cl2FN4O3/c22-13-3-1-12(2-4-13)20-27-28-21(31-20)18-8-5-14(10-25-18)26-19(29)11-30-15-6-7-16(23)17(24)9-15/h1-4,6-7,9,14,18,25H,5,8,10-11H2,(H,26,29)/t14-,18+/m1/s1. The van der Waals surface area contributed by atoms with Gasteiger partial charge in [-0.05, 0) is 49.2 Å². The summed E-state index contributed by atoms with van der Waals surface area (Å²) in [6.07, 6.45) is 1.45. The number of nitrogens with zero attached hydrogens (tertiary/aromatic N) is 2. The van der Waals surface area contributed by atoms with Crippen LogP contribution in [0.15, 0.2) is 46.9 Å². The molecule has 1 fully saturated rings. The van der Waals surface area contributed by atoms with E-state index in [1.165, 1.54) is 12.1 Å². The van der Waals surface area contributed by atoms with Crippen LogP contribution in [0.1, 0.15) is 24.8 Å². The van der Waals surface area contributed by atoms with Crippen molar-refractivity contribution in [1.29, 1.82) is 0 Å². The normalized spacial score (nSPS) is 18.5. The Balaban J connectivity index is 1.24. The molecule has 0 radical (unpaired) electrons. The van der Waals surface area contributed by atoms with Crippen molar-refractivity contribution in [2.75, 3.05) is 13.2 Å². The Morgan fingerprint density at radius 1 is 1.19 bits per heavy atom. The van der Waals surface area contributed by atoms with Crippen LogP contribution in [0.4, 0.5) is 4.39 Å². The molecule has 2 N–H and O–H groups in total. The molecule has 0 unspecified atom stereocenters. The number of hydrogen-bond donors (Lipinski definition) is 2. The Bertz CT molecular complexity index is 1050. The van der Waals surface area contributed by atoms with Crippen molar-refractivity contribution in [3.8, 4) is 17.2 Å². The van der Waals surface area contributed by atoms with Crippen LogP contribution in [0.25, 0.3) is 11.5 Å². The smallest absolute Gasteiger partial charge is 0.258 e. The maximum Gasteiger partial charge on any atom is 0.258 e. The highest BCUT2D eigenvalue weighted by molar-refractivity contribution is 6.31. The number of carbonyl (C=O) groups is 1. The van der Waals surface area contributed by atoms with E-state index in [0.717, 1.165) is 24.5 Å². The molecule has 31 heavy (non-hydrogen) atoms. The van der Waals surface area contributed by atoms with Crippen LogP contribution in [0.2, 0.25) is 10.0 Å². The highest BCUT2D eigenvalue weighted by atomic mass is 35.5. The highest BCUT2D eigenvalue weighted by Crippen LogP contribution is 2.26. The van der Waals surface area contributed by atoms with Crippen molar-refractivity contribution in [3.05, 3.63) is 64.2 Å².